The Bertz CT molecular complexity index is 837. The molecule has 4 rings (SSSR count). The SMILES string of the molecule is C[C@H]1CN(c2cc(-c3ccccc3)c3ccccc3n2)C[C@H](C)O1. The van der Waals surface area contributed by atoms with Crippen molar-refractivity contribution in [3.8, 4) is 11.1 Å². The fourth-order valence-corrected chi connectivity index (χ4v) is 3.54. The molecule has 2 atom stereocenters. The van der Waals surface area contributed by atoms with E-state index in [1.807, 2.05) is 0 Å². The van der Waals surface area contributed by atoms with Crippen LogP contribution in [-0.2, 0) is 4.74 Å². The molecule has 0 unspecified atom stereocenters. The average molecular weight is 318 g/mol. The van der Waals surface area contributed by atoms with E-state index in [0.717, 1.165) is 24.4 Å². The van der Waals surface area contributed by atoms with Gasteiger partial charge in [0.1, 0.15) is 5.82 Å². The molecule has 0 amide bonds. The Morgan fingerprint density at radius 1 is 0.917 bits per heavy atom. The molecule has 24 heavy (non-hydrogen) atoms. The van der Waals surface area contributed by atoms with Crippen LogP contribution in [0.4, 0.5) is 5.82 Å². The minimum atomic E-state index is 0.224. The van der Waals surface area contributed by atoms with Gasteiger partial charge >= 0.3 is 0 Å². The van der Waals surface area contributed by atoms with Crippen LogP contribution in [0, 0.1) is 0 Å². The number of anilines is 1. The number of ether oxygens (including phenoxy) is 1. The maximum absolute atomic E-state index is 5.87. The van der Waals surface area contributed by atoms with Crippen molar-refractivity contribution in [2.75, 3.05) is 18.0 Å². The minimum absolute atomic E-state index is 0.224. The zero-order valence-corrected chi connectivity index (χ0v) is 14.1. The van der Waals surface area contributed by atoms with Crippen LogP contribution in [-0.4, -0.2) is 30.3 Å². The third-order valence-electron chi connectivity index (χ3n) is 4.53. The number of hydrogen-bond acceptors (Lipinski definition) is 3. The molecule has 2 aromatic carbocycles. The highest BCUT2D eigenvalue weighted by Gasteiger charge is 2.24. The van der Waals surface area contributed by atoms with Crippen molar-refractivity contribution in [1.82, 2.24) is 4.98 Å². The maximum atomic E-state index is 5.87. The predicted molar refractivity (Wildman–Crippen MR) is 99.4 cm³/mol. The van der Waals surface area contributed by atoms with Crippen molar-refractivity contribution in [1.29, 1.82) is 0 Å². The topological polar surface area (TPSA) is 25.4 Å². The van der Waals surface area contributed by atoms with Gasteiger partial charge in [-0.3, -0.25) is 0 Å². The molecular formula is C21H22N2O. The van der Waals surface area contributed by atoms with Gasteiger partial charge in [0.15, 0.2) is 0 Å². The van der Waals surface area contributed by atoms with Crippen molar-refractivity contribution in [2.45, 2.75) is 26.1 Å². The smallest absolute Gasteiger partial charge is 0.130 e. The Labute approximate surface area is 142 Å². The molecule has 1 saturated heterocycles. The van der Waals surface area contributed by atoms with Crippen LogP contribution in [0.15, 0.2) is 60.7 Å². The summed E-state index contributed by atoms with van der Waals surface area (Å²) >= 11 is 0. The zero-order chi connectivity index (χ0) is 16.5. The van der Waals surface area contributed by atoms with Crippen LogP contribution in [0.25, 0.3) is 22.0 Å². The number of para-hydroxylation sites is 1. The molecule has 0 spiro atoms. The van der Waals surface area contributed by atoms with Gasteiger partial charge in [-0.2, -0.15) is 0 Å². The van der Waals surface area contributed by atoms with Crippen molar-refractivity contribution >= 4 is 16.7 Å². The Kier molecular flexibility index (Phi) is 3.95. The second-order valence-electron chi connectivity index (χ2n) is 6.57. The van der Waals surface area contributed by atoms with Gasteiger partial charge in [0.2, 0.25) is 0 Å². The van der Waals surface area contributed by atoms with Crippen molar-refractivity contribution < 1.29 is 4.74 Å². The summed E-state index contributed by atoms with van der Waals surface area (Å²) in [4.78, 5) is 7.27. The zero-order valence-electron chi connectivity index (χ0n) is 14.1. The standard InChI is InChI=1S/C21H22N2O/c1-15-13-23(14-16(2)24-15)21-12-19(17-8-4-3-5-9-17)18-10-6-7-11-20(18)22-21/h3-12,15-16H,13-14H2,1-2H3/t15-,16-/m0/s1. The molecule has 0 radical (unpaired) electrons. The van der Waals surface area contributed by atoms with Crippen LogP contribution in [0.5, 0.6) is 0 Å². The van der Waals surface area contributed by atoms with E-state index in [-0.39, 0.29) is 12.2 Å². The fourth-order valence-electron chi connectivity index (χ4n) is 3.54. The van der Waals surface area contributed by atoms with Crippen LogP contribution in [0.1, 0.15) is 13.8 Å². The number of rotatable bonds is 2. The van der Waals surface area contributed by atoms with Crippen LogP contribution < -0.4 is 4.90 Å². The first-order chi connectivity index (χ1) is 11.7. The number of aromatic nitrogens is 1. The third-order valence-corrected chi connectivity index (χ3v) is 4.53. The van der Waals surface area contributed by atoms with Crippen molar-refractivity contribution in [2.24, 2.45) is 0 Å². The first kappa shape index (κ1) is 15.2. The van der Waals surface area contributed by atoms with Gasteiger partial charge in [-0.1, -0.05) is 48.5 Å². The van der Waals surface area contributed by atoms with Gasteiger partial charge in [0.25, 0.3) is 0 Å². The number of morpholine rings is 1. The number of nitrogens with zero attached hydrogens (tertiary/aromatic N) is 2. The quantitative estimate of drug-likeness (QED) is 0.695. The molecule has 1 fully saturated rings. The molecule has 3 aromatic rings. The summed E-state index contributed by atoms with van der Waals surface area (Å²) in [7, 11) is 0. The lowest BCUT2D eigenvalue weighted by atomic mass is 10.0. The van der Waals surface area contributed by atoms with E-state index < -0.39 is 0 Å². The summed E-state index contributed by atoms with van der Waals surface area (Å²) < 4.78 is 5.87. The van der Waals surface area contributed by atoms with E-state index >= 15 is 0 Å². The highest BCUT2D eigenvalue weighted by atomic mass is 16.5. The Morgan fingerprint density at radius 3 is 2.33 bits per heavy atom. The third kappa shape index (κ3) is 2.87. The van der Waals surface area contributed by atoms with Crippen LogP contribution in [0.3, 0.4) is 0 Å². The van der Waals surface area contributed by atoms with Gasteiger partial charge in [-0.05, 0) is 37.1 Å². The van der Waals surface area contributed by atoms with E-state index in [4.69, 9.17) is 9.72 Å². The fraction of sp³-hybridized carbons (Fsp3) is 0.286. The second kappa shape index (κ2) is 6.25. The molecule has 122 valence electrons. The van der Waals surface area contributed by atoms with Crippen molar-refractivity contribution in [3.63, 3.8) is 0 Å². The average Bonchev–Trinajstić information content (AvgIpc) is 2.61. The summed E-state index contributed by atoms with van der Waals surface area (Å²) in [5.41, 5.74) is 3.51. The highest BCUT2D eigenvalue weighted by Crippen LogP contribution is 2.32. The highest BCUT2D eigenvalue weighted by molar-refractivity contribution is 5.96. The van der Waals surface area contributed by atoms with Gasteiger partial charge in [-0.15, -0.1) is 0 Å². The van der Waals surface area contributed by atoms with E-state index in [2.05, 4.69) is 79.4 Å². The summed E-state index contributed by atoms with van der Waals surface area (Å²) in [5.74, 6) is 1.04. The molecule has 2 heterocycles. The molecule has 3 nitrogen and oxygen atoms in total. The van der Waals surface area contributed by atoms with Gasteiger partial charge in [-0.25, -0.2) is 4.98 Å². The molecule has 0 saturated carbocycles. The normalized spacial score (nSPS) is 21.2. The predicted octanol–water partition coefficient (Wildman–Crippen LogP) is 4.52. The number of benzene rings is 2. The summed E-state index contributed by atoms with van der Waals surface area (Å²) in [5, 5.41) is 1.20. The molecule has 0 aliphatic carbocycles. The molecule has 1 aliphatic rings. The van der Waals surface area contributed by atoms with E-state index in [0.29, 0.717) is 0 Å². The maximum Gasteiger partial charge on any atom is 0.130 e. The van der Waals surface area contributed by atoms with Crippen molar-refractivity contribution in [3.05, 3.63) is 60.7 Å². The van der Waals surface area contributed by atoms with E-state index in [9.17, 15) is 0 Å². The molecule has 1 aromatic heterocycles. The van der Waals surface area contributed by atoms with Crippen LogP contribution in [0.2, 0.25) is 0 Å². The lowest BCUT2D eigenvalue weighted by molar-refractivity contribution is -0.00544. The Morgan fingerprint density at radius 2 is 1.58 bits per heavy atom. The summed E-state index contributed by atoms with van der Waals surface area (Å²) in [6.07, 6.45) is 0.449. The largest absolute Gasteiger partial charge is 0.372 e. The monoisotopic (exact) mass is 318 g/mol. The number of pyridine rings is 1. The van der Waals surface area contributed by atoms with E-state index in [1.165, 1.54) is 16.5 Å². The Hall–Kier alpha value is -2.39. The molecule has 0 bridgehead atoms. The molecular weight excluding hydrogens is 296 g/mol. The van der Waals surface area contributed by atoms with Crippen LogP contribution >= 0.6 is 0 Å². The first-order valence-electron chi connectivity index (χ1n) is 8.56. The lowest BCUT2D eigenvalue weighted by Crippen LogP contribution is -2.45. The molecule has 0 N–H and O–H groups in total. The summed E-state index contributed by atoms with van der Waals surface area (Å²) in [6.45, 7) is 6.01. The molecule has 3 heteroatoms. The van der Waals surface area contributed by atoms with Gasteiger partial charge in [0, 0.05) is 18.5 Å². The van der Waals surface area contributed by atoms with Gasteiger partial charge in [0.05, 0.1) is 17.7 Å². The van der Waals surface area contributed by atoms with E-state index in [1.54, 1.807) is 0 Å². The second-order valence-corrected chi connectivity index (χ2v) is 6.57. The minimum Gasteiger partial charge on any atom is -0.372 e. The number of fused-ring (bicyclic) bond motifs is 1. The van der Waals surface area contributed by atoms with Gasteiger partial charge < -0.3 is 9.64 Å². The lowest BCUT2D eigenvalue weighted by Gasteiger charge is -2.36. The summed E-state index contributed by atoms with van der Waals surface area (Å²) in [6, 6.07) is 21.2. The first-order valence-corrected chi connectivity index (χ1v) is 8.56. The number of hydrogen-bond donors (Lipinski definition) is 0. The Balaban J connectivity index is 1.86. The molecule has 1 aliphatic heterocycles.